The number of carbonyl (C=O) groups excluding carboxylic acids is 1. The Morgan fingerprint density at radius 2 is 2.00 bits per heavy atom. The van der Waals surface area contributed by atoms with E-state index in [1.54, 1.807) is 18.2 Å². The predicted octanol–water partition coefficient (Wildman–Crippen LogP) is 4.15. The summed E-state index contributed by atoms with van der Waals surface area (Å²) in [5, 5.41) is 3.10. The number of aliphatic imine (C=N–C) groups is 1. The number of ether oxygens (including phenoxy) is 1. The van der Waals surface area contributed by atoms with E-state index in [1.807, 2.05) is 6.07 Å². The summed E-state index contributed by atoms with van der Waals surface area (Å²) in [6.07, 6.45) is 0.956. The molecule has 180 valence electrons. The predicted molar refractivity (Wildman–Crippen MR) is 123 cm³/mol. The number of rotatable bonds is 8. The van der Waals surface area contributed by atoms with Crippen LogP contribution in [-0.2, 0) is 32.2 Å². The Hall–Kier alpha value is -2.72. The fraction of sp³-hybridized carbons (Fsp3) is 0.458. The number of nitrogens with one attached hydrogen (secondary N) is 1. The summed E-state index contributed by atoms with van der Waals surface area (Å²) in [4.78, 5) is 21.0. The number of carbonyl (C=O) groups is 1. The van der Waals surface area contributed by atoms with Crippen LogP contribution in [-0.4, -0.2) is 50.8 Å². The van der Waals surface area contributed by atoms with E-state index in [0.29, 0.717) is 36.0 Å². The third kappa shape index (κ3) is 4.74. The molecule has 0 bridgehead atoms. The number of ketones is 1. The SMILES string of the molecule is CS(=O)(=O)c1cc([C@@H]2CCOC2)ccc1Nc1cc(CC(=O)C2CC2)nc2c1N=C(C(F)F)C2. The summed E-state index contributed by atoms with van der Waals surface area (Å²) < 4.78 is 57.4. The molecule has 1 atom stereocenters. The molecule has 2 fully saturated rings. The van der Waals surface area contributed by atoms with Crippen LogP contribution in [0.25, 0.3) is 0 Å². The van der Waals surface area contributed by atoms with E-state index >= 15 is 0 Å². The second-order valence-electron chi connectivity index (χ2n) is 9.17. The van der Waals surface area contributed by atoms with E-state index in [9.17, 15) is 22.0 Å². The van der Waals surface area contributed by atoms with Gasteiger partial charge in [-0.15, -0.1) is 0 Å². The maximum absolute atomic E-state index is 13.4. The Kier molecular flexibility index (Phi) is 5.97. The van der Waals surface area contributed by atoms with Crippen LogP contribution in [0.3, 0.4) is 0 Å². The summed E-state index contributed by atoms with van der Waals surface area (Å²) in [5.74, 6) is 0.243. The first kappa shape index (κ1) is 23.0. The molecule has 5 rings (SSSR count). The highest BCUT2D eigenvalue weighted by Crippen LogP contribution is 2.40. The van der Waals surface area contributed by atoms with Crippen LogP contribution in [0.4, 0.5) is 25.8 Å². The summed E-state index contributed by atoms with van der Waals surface area (Å²) in [7, 11) is -3.60. The quantitative estimate of drug-likeness (QED) is 0.598. The van der Waals surface area contributed by atoms with Crippen molar-refractivity contribution in [2.75, 3.05) is 24.8 Å². The van der Waals surface area contributed by atoms with Gasteiger partial charge in [-0.3, -0.25) is 9.78 Å². The summed E-state index contributed by atoms with van der Waals surface area (Å²) in [6, 6.07) is 6.79. The minimum atomic E-state index is -3.60. The molecule has 0 amide bonds. The Labute approximate surface area is 196 Å². The Morgan fingerprint density at radius 1 is 1.21 bits per heavy atom. The van der Waals surface area contributed by atoms with Gasteiger partial charge in [0.05, 0.1) is 40.0 Å². The number of alkyl halides is 2. The molecule has 1 aliphatic carbocycles. The van der Waals surface area contributed by atoms with Crippen molar-refractivity contribution in [2.45, 2.75) is 49.3 Å². The molecule has 1 N–H and O–H groups in total. The topological polar surface area (TPSA) is 97.7 Å². The van der Waals surface area contributed by atoms with Gasteiger partial charge in [-0.05, 0) is 43.0 Å². The van der Waals surface area contributed by atoms with Crippen LogP contribution in [0.2, 0.25) is 0 Å². The first-order valence-electron chi connectivity index (χ1n) is 11.3. The third-order valence-corrected chi connectivity index (χ3v) is 7.57. The molecule has 1 saturated heterocycles. The summed E-state index contributed by atoms with van der Waals surface area (Å²) in [5.41, 5.74) is 2.34. The highest BCUT2D eigenvalue weighted by atomic mass is 32.2. The van der Waals surface area contributed by atoms with Crippen LogP contribution in [0.15, 0.2) is 34.2 Å². The number of Topliss-reactive ketones (excluding diaryl/α,β-unsaturated/α-hetero) is 1. The van der Waals surface area contributed by atoms with Gasteiger partial charge in [-0.25, -0.2) is 22.2 Å². The average molecular weight is 490 g/mol. The van der Waals surface area contributed by atoms with Crippen molar-refractivity contribution in [1.29, 1.82) is 0 Å². The summed E-state index contributed by atoms with van der Waals surface area (Å²) in [6.45, 7) is 1.17. The first-order chi connectivity index (χ1) is 16.2. The molecule has 7 nitrogen and oxygen atoms in total. The lowest BCUT2D eigenvalue weighted by atomic mass is 9.98. The van der Waals surface area contributed by atoms with Gasteiger partial charge in [0.25, 0.3) is 6.43 Å². The molecular weight excluding hydrogens is 464 g/mol. The molecule has 0 radical (unpaired) electrons. The molecule has 1 aromatic carbocycles. The van der Waals surface area contributed by atoms with Gasteiger partial charge in [0.15, 0.2) is 9.84 Å². The molecule has 3 aliphatic rings. The van der Waals surface area contributed by atoms with Crippen LogP contribution in [0, 0.1) is 5.92 Å². The second kappa shape index (κ2) is 8.81. The van der Waals surface area contributed by atoms with E-state index in [1.165, 1.54) is 0 Å². The second-order valence-corrected chi connectivity index (χ2v) is 11.2. The van der Waals surface area contributed by atoms with Crippen molar-refractivity contribution in [2.24, 2.45) is 10.9 Å². The minimum Gasteiger partial charge on any atom is -0.381 e. The van der Waals surface area contributed by atoms with Crippen molar-refractivity contribution in [3.63, 3.8) is 0 Å². The van der Waals surface area contributed by atoms with Gasteiger partial charge in [-0.2, -0.15) is 0 Å². The molecule has 2 aliphatic heterocycles. The zero-order valence-corrected chi connectivity index (χ0v) is 19.5. The van der Waals surface area contributed by atoms with Crippen molar-refractivity contribution in [1.82, 2.24) is 4.98 Å². The lowest BCUT2D eigenvalue weighted by molar-refractivity contribution is -0.119. The van der Waals surface area contributed by atoms with Gasteiger partial charge in [0.1, 0.15) is 11.5 Å². The number of hydrogen-bond donors (Lipinski definition) is 1. The molecule has 1 aromatic heterocycles. The average Bonchev–Trinajstić information content (AvgIpc) is 3.30. The molecule has 2 aromatic rings. The number of hydrogen-bond acceptors (Lipinski definition) is 7. The highest BCUT2D eigenvalue weighted by Gasteiger charge is 2.31. The van der Waals surface area contributed by atoms with Crippen molar-refractivity contribution >= 4 is 38.4 Å². The van der Waals surface area contributed by atoms with Gasteiger partial charge in [0, 0.05) is 37.5 Å². The number of sulfone groups is 1. The summed E-state index contributed by atoms with van der Waals surface area (Å²) >= 11 is 0. The Bertz CT molecular complexity index is 1280. The molecule has 3 heterocycles. The fourth-order valence-electron chi connectivity index (χ4n) is 4.44. The number of nitrogens with zero attached hydrogens (tertiary/aromatic N) is 2. The standard InChI is InChI=1S/C24H25F2N3O4S/c1-34(31,32)22-8-14(15-6-7-33-12-15)4-5-17(22)28-18-9-16(10-21(30)13-2-3-13)27-19-11-20(24(25)26)29-23(18)19/h4-5,8-9,13,15,24H,2-3,6-7,10-12H2,1H3,(H,27,28)/t15-/m1/s1. The van der Waals surface area contributed by atoms with Gasteiger partial charge in [-0.1, -0.05) is 6.07 Å². The minimum absolute atomic E-state index is 0.0447. The Morgan fingerprint density at radius 3 is 2.65 bits per heavy atom. The molecule has 0 unspecified atom stereocenters. The van der Waals surface area contributed by atoms with Crippen LogP contribution in [0.5, 0.6) is 0 Å². The lowest BCUT2D eigenvalue weighted by Gasteiger charge is -2.17. The maximum atomic E-state index is 13.4. The van der Waals surface area contributed by atoms with E-state index < -0.39 is 16.3 Å². The number of anilines is 2. The number of pyridine rings is 1. The molecular formula is C24H25F2N3O4S. The zero-order chi connectivity index (χ0) is 24.0. The van der Waals surface area contributed by atoms with Crippen LogP contribution < -0.4 is 5.32 Å². The highest BCUT2D eigenvalue weighted by molar-refractivity contribution is 7.90. The van der Waals surface area contributed by atoms with Gasteiger partial charge < -0.3 is 10.1 Å². The van der Waals surface area contributed by atoms with Crippen molar-refractivity contribution in [3.05, 3.63) is 41.2 Å². The van der Waals surface area contributed by atoms with Gasteiger partial charge >= 0.3 is 0 Å². The fourth-order valence-corrected chi connectivity index (χ4v) is 5.31. The van der Waals surface area contributed by atoms with Crippen LogP contribution in [0.1, 0.15) is 42.1 Å². The van der Waals surface area contributed by atoms with Gasteiger partial charge in [0.2, 0.25) is 0 Å². The number of halogens is 2. The molecule has 34 heavy (non-hydrogen) atoms. The van der Waals surface area contributed by atoms with E-state index in [4.69, 9.17) is 4.74 Å². The zero-order valence-electron chi connectivity index (χ0n) is 18.7. The smallest absolute Gasteiger partial charge is 0.277 e. The first-order valence-corrected chi connectivity index (χ1v) is 13.2. The number of benzene rings is 1. The van der Waals surface area contributed by atoms with E-state index in [-0.39, 0.29) is 46.8 Å². The normalized spacial score (nSPS) is 19.9. The maximum Gasteiger partial charge on any atom is 0.277 e. The Balaban J connectivity index is 1.54. The largest absolute Gasteiger partial charge is 0.381 e. The van der Waals surface area contributed by atoms with Crippen LogP contribution >= 0.6 is 0 Å². The number of aromatic nitrogens is 1. The van der Waals surface area contributed by atoms with Crippen molar-refractivity contribution < 1.29 is 26.7 Å². The molecule has 10 heteroatoms. The molecule has 1 saturated carbocycles. The van der Waals surface area contributed by atoms with E-state index in [0.717, 1.165) is 31.1 Å². The third-order valence-electron chi connectivity index (χ3n) is 6.44. The lowest BCUT2D eigenvalue weighted by Crippen LogP contribution is -2.11. The van der Waals surface area contributed by atoms with Crippen molar-refractivity contribution in [3.8, 4) is 0 Å². The molecule has 0 spiro atoms. The van der Waals surface area contributed by atoms with E-state index in [2.05, 4.69) is 15.3 Å². The number of fused-ring (bicyclic) bond motifs is 1. The monoisotopic (exact) mass is 489 g/mol.